The van der Waals surface area contributed by atoms with Gasteiger partial charge in [-0.15, -0.1) is 11.6 Å². The minimum Gasteiger partial charge on any atom is -0.508 e. The fourth-order valence-electron chi connectivity index (χ4n) is 0.453. The second kappa shape index (κ2) is 6.41. The molecule has 0 unspecified atom stereocenters. The van der Waals surface area contributed by atoms with Crippen molar-refractivity contribution >= 4 is 39.9 Å². The van der Waals surface area contributed by atoms with Gasteiger partial charge in [0.15, 0.2) is 0 Å². The summed E-state index contributed by atoms with van der Waals surface area (Å²) in [6, 6.07) is 5.70. The van der Waals surface area contributed by atoms with Gasteiger partial charge in [0.2, 0.25) is 0 Å². The molecule has 1 aromatic rings. The van der Waals surface area contributed by atoms with Crippen LogP contribution in [0.3, 0.4) is 0 Å². The summed E-state index contributed by atoms with van der Waals surface area (Å²) in [5.74, 6) is -2.60. The number of halogens is 3. The highest BCUT2D eigenvalue weighted by Gasteiger charge is 2.08. The highest BCUT2D eigenvalue weighted by molar-refractivity contribution is 8.09. The van der Waals surface area contributed by atoms with Gasteiger partial charge in [-0.2, -0.15) is 0 Å². The van der Waals surface area contributed by atoms with Crippen LogP contribution in [-0.4, -0.2) is 15.8 Å². The van der Waals surface area contributed by atoms with E-state index in [9.17, 15) is 4.57 Å². The molecule has 14 heavy (non-hydrogen) atoms. The van der Waals surface area contributed by atoms with Crippen molar-refractivity contribution in [2.24, 2.45) is 0 Å². The van der Waals surface area contributed by atoms with Crippen molar-refractivity contribution in [1.29, 1.82) is 0 Å². The first-order valence-corrected chi connectivity index (χ1v) is 7.61. The first kappa shape index (κ1) is 13.9. The van der Waals surface area contributed by atoms with Crippen LogP contribution < -0.4 is 0 Å². The van der Waals surface area contributed by atoms with Gasteiger partial charge in [-0.25, -0.2) is 0 Å². The maximum absolute atomic E-state index is 9.98. The Morgan fingerprint density at radius 3 is 1.43 bits per heavy atom. The molecule has 0 aliphatic rings. The summed E-state index contributed by atoms with van der Waals surface area (Å²) in [5, 5.41) is 17.3. The lowest BCUT2D eigenvalue weighted by molar-refractivity contribution is 0.460. The molecule has 80 valence electrons. The first-order valence-electron chi connectivity index (χ1n) is 3.37. The van der Waals surface area contributed by atoms with E-state index in [1.165, 1.54) is 24.3 Å². The van der Waals surface area contributed by atoms with Gasteiger partial charge in [0.05, 0.1) is 0 Å². The molecule has 2 N–H and O–H groups in total. The Kier molecular flexibility index (Phi) is 6.38. The number of rotatable bonds is 1. The summed E-state index contributed by atoms with van der Waals surface area (Å²) in [6.07, 6.45) is 0. The number of alkyl halides is 1. The molecule has 7 heteroatoms. The monoisotopic (exact) mass is 276 g/mol. The molecule has 0 saturated carbocycles. The molecule has 1 aromatic carbocycles. The summed E-state index contributed by atoms with van der Waals surface area (Å²) >= 11 is 14.8. The second-order valence-electron chi connectivity index (χ2n) is 2.21. The predicted molar refractivity (Wildman–Crippen MR) is 59.8 cm³/mol. The van der Waals surface area contributed by atoms with E-state index < -0.39 is 5.85 Å². The molecule has 0 saturated heterocycles. The van der Waals surface area contributed by atoms with Crippen LogP contribution in [0.4, 0.5) is 0 Å². The zero-order chi connectivity index (χ0) is 11.2. The topological polar surface area (TPSA) is 57.5 Å². The van der Waals surface area contributed by atoms with Crippen LogP contribution in [0.1, 0.15) is 0 Å². The number of hydrogen-bond acceptors (Lipinski definition) is 3. The summed E-state index contributed by atoms with van der Waals surface area (Å²) in [5.41, 5.74) is -0.171. The quantitative estimate of drug-likeness (QED) is 0.464. The summed E-state index contributed by atoms with van der Waals surface area (Å²) in [7, 11) is 0. The lowest BCUT2D eigenvalue weighted by Crippen LogP contribution is -1.61. The van der Waals surface area contributed by atoms with Gasteiger partial charge in [0.1, 0.15) is 17.1 Å². The maximum atomic E-state index is 9.98. The molecule has 1 rings (SSSR count). The van der Waals surface area contributed by atoms with E-state index in [2.05, 4.69) is 0 Å². The Morgan fingerprint density at radius 2 is 1.29 bits per heavy atom. The molecule has 0 aromatic heterocycles. The smallest absolute Gasteiger partial charge is 0.267 e. The van der Waals surface area contributed by atoms with Gasteiger partial charge in [0.25, 0.3) is 5.85 Å². The molecule has 0 bridgehead atoms. The maximum Gasteiger partial charge on any atom is 0.267 e. The van der Waals surface area contributed by atoms with Gasteiger partial charge in [0, 0.05) is 0 Å². The third-order valence-electron chi connectivity index (χ3n) is 0.989. The van der Waals surface area contributed by atoms with Gasteiger partial charge in [-0.3, -0.25) is 4.57 Å². The van der Waals surface area contributed by atoms with Gasteiger partial charge in [-0.1, -0.05) is 0 Å². The lowest BCUT2D eigenvalue weighted by Gasteiger charge is -1.88. The van der Waals surface area contributed by atoms with Crippen LogP contribution in [0.25, 0.3) is 0 Å². The molecule has 0 spiro atoms. The molecule has 0 amide bonds. The molecular formula is C7H8Cl3O3P. The Hall–Kier alpha value is -0.0800. The first-order chi connectivity index (χ1) is 6.35. The molecule has 0 aliphatic heterocycles. The molecule has 0 radical (unpaired) electrons. The average molecular weight is 277 g/mol. The molecule has 3 nitrogen and oxygen atoms in total. The average Bonchev–Trinajstić information content (AvgIpc) is 2.10. The number of aromatic hydroxyl groups is 2. The predicted octanol–water partition coefficient (Wildman–Crippen LogP) is 3.95. The van der Waals surface area contributed by atoms with E-state index in [1.54, 1.807) is 0 Å². The number of benzene rings is 1. The SMILES string of the molecule is O=P(Cl)(Cl)CCl.Oc1ccc(O)cc1. The molecule has 0 heterocycles. The van der Waals surface area contributed by atoms with E-state index in [4.69, 9.17) is 44.3 Å². The fraction of sp³-hybridized carbons (Fsp3) is 0.143. The minimum absolute atomic E-state index is 0.169. The van der Waals surface area contributed by atoms with Crippen LogP contribution in [-0.2, 0) is 4.57 Å². The third kappa shape index (κ3) is 8.52. The molecular weight excluding hydrogens is 269 g/mol. The Labute approximate surface area is 96.2 Å². The van der Waals surface area contributed by atoms with E-state index in [-0.39, 0.29) is 17.1 Å². The summed E-state index contributed by atoms with van der Waals surface area (Å²) in [4.78, 5) is 0. The molecule has 0 aliphatic carbocycles. The minimum atomic E-state index is -2.94. The van der Waals surface area contributed by atoms with Crippen LogP contribution in [0.2, 0.25) is 0 Å². The fourth-order valence-corrected chi connectivity index (χ4v) is 0.453. The number of phenols is 2. The number of hydrogen-bond donors (Lipinski definition) is 2. The van der Waals surface area contributed by atoms with Crippen LogP contribution in [0.5, 0.6) is 11.5 Å². The molecule has 0 atom stereocenters. The number of phenolic OH excluding ortho intramolecular Hbond substituents is 2. The highest BCUT2D eigenvalue weighted by atomic mass is 35.9. The van der Waals surface area contributed by atoms with E-state index in [0.717, 1.165) is 0 Å². The zero-order valence-corrected chi connectivity index (χ0v) is 10.1. The van der Waals surface area contributed by atoms with E-state index in [0.29, 0.717) is 0 Å². The van der Waals surface area contributed by atoms with Crippen LogP contribution in [0.15, 0.2) is 24.3 Å². The summed E-state index contributed by atoms with van der Waals surface area (Å²) < 4.78 is 9.98. The Bertz CT molecular complexity index is 287. The van der Waals surface area contributed by atoms with Crippen molar-refractivity contribution < 1.29 is 14.8 Å². The van der Waals surface area contributed by atoms with Crippen LogP contribution in [0, 0.1) is 0 Å². The van der Waals surface area contributed by atoms with Crippen molar-refractivity contribution in [2.45, 2.75) is 0 Å². The molecule has 0 fully saturated rings. The lowest BCUT2D eigenvalue weighted by atomic mass is 10.3. The zero-order valence-electron chi connectivity index (χ0n) is 6.90. The standard InChI is InChI=1S/C6H6O2.CH2Cl3OP/c7-5-1-2-6(8)4-3-5;2-1-6(3,4)5/h1-4,7-8H;1H2. The van der Waals surface area contributed by atoms with Crippen molar-refractivity contribution in [3.63, 3.8) is 0 Å². The van der Waals surface area contributed by atoms with Crippen LogP contribution >= 0.6 is 39.9 Å². The van der Waals surface area contributed by atoms with Gasteiger partial charge in [-0.05, 0) is 46.7 Å². The van der Waals surface area contributed by atoms with E-state index >= 15 is 0 Å². The van der Waals surface area contributed by atoms with Gasteiger partial charge < -0.3 is 10.2 Å². The van der Waals surface area contributed by atoms with Gasteiger partial charge >= 0.3 is 0 Å². The Morgan fingerprint density at radius 1 is 1.07 bits per heavy atom. The van der Waals surface area contributed by atoms with E-state index in [1.807, 2.05) is 0 Å². The van der Waals surface area contributed by atoms with Crippen molar-refractivity contribution in [1.82, 2.24) is 0 Å². The summed E-state index contributed by atoms with van der Waals surface area (Å²) in [6.45, 7) is 0. The highest BCUT2D eigenvalue weighted by Crippen LogP contribution is 2.56. The van der Waals surface area contributed by atoms with Crippen molar-refractivity contribution in [3.8, 4) is 11.5 Å². The normalized spacial score (nSPS) is 10.2. The van der Waals surface area contributed by atoms with Crippen molar-refractivity contribution in [2.75, 3.05) is 5.62 Å². The Balaban J connectivity index is 0.000000255. The third-order valence-corrected chi connectivity index (χ3v) is 3.73. The second-order valence-corrected chi connectivity index (χ2v) is 8.10. The largest absolute Gasteiger partial charge is 0.508 e. The van der Waals surface area contributed by atoms with Crippen molar-refractivity contribution in [3.05, 3.63) is 24.3 Å².